The first kappa shape index (κ1) is 25.6. The molecule has 0 aliphatic heterocycles. The number of nitrogens with one attached hydrogen (secondary N) is 2. The predicted octanol–water partition coefficient (Wildman–Crippen LogP) is 3.79. The number of para-hydroxylation sites is 1. The van der Waals surface area contributed by atoms with Gasteiger partial charge in [-0.25, -0.2) is 4.99 Å². The van der Waals surface area contributed by atoms with E-state index in [1.165, 1.54) is 6.07 Å². The molecule has 0 fully saturated rings. The molecule has 0 aliphatic carbocycles. The molecule has 0 bridgehead atoms. The van der Waals surface area contributed by atoms with E-state index < -0.39 is 11.0 Å². The van der Waals surface area contributed by atoms with E-state index in [0.717, 1.165) is 5.56 Å². The van der Waals surface area contributed by atoms with E-state index in [1.54, 1.807) is 18.2 Å². The first-order chi connectivity index (χ1) is 13.9. The Kier molecular flexibility index (Phi) is 11.1. The van der Waals surface area contributed by atoms with E-state index >= 15 is 0 Å². The summed E-state index contributed by atoms with van der Waals surface area (Å²) in [6, 6.07) is 13.8. The number of halogens is 1. The lowest BCUT2D eigenvalue weighted by atomic mass is 10.1. The highest BCUT2D eigenvalue weighted by Gasteiger charge is 2.13. The number of ether oxygens (including phenoxy) is 1. The Morgan fingerprint density at radius 3 is 2.60 bits per heavy atom. The molecule has 1 atom stereocenters. The van der Waals surface area contributed by atoms with Gasteiger partial charge in [-0.1, -0.05) is 30.3 Å². The third-order valence-electron chi connectivity index (χ3n) is 4.02. The lowest BCUT2D eigenvalue weighted by Gasteiger charge is -2.17. The molecule has 0 saturated heterocycles. The molecule has 0 radical (unpaired) electrons. The van der Waals surface area contributed by atoms with Crippen LogP contribution in [-0.4, -0.2) is 35.2 Å². The topological polar surface area (TPSA) is 109 Å². The third-order valence-corrected chi connectivity index (χ3v) is 4.02. The van der Waals surface area contributed by atoms with Gasteiger partial charge in [0.25, 0.3) is 5.69 Å². The maximum absolute atomic E-state index is 11.1. The van der Waals surface area contributed by atoms with Crippen LogP contribution in [0.1, 0.15) is 38.0 Å². The number of hydrogen-bond donors (Lipinski definition) is 3. The van der Waals surface area contributed by atoms with Crippen LogP contribution in [0.15, 0.2) is 53.5 Å². The number of aliphatic hydroxyl groups is 1. The average Bonchev–Trinajstić information content (AvgIpc) is 2.69. The van der Waals surface area contributed by atoms with Crippen LogP contribution in [0, 0.1) is 10.1 Å². The predicted molar refractivity (Wildman–Crippen MR) is 128 cm³/mol. The second-order valence-electron chi connectivity index (χ2n) is 6.72. The normalized spacial score (nSPS) is 12.1. The molecule has 30 heavy (non-hydrogen) atoms. The van der Waals surface area contributed by atoms with Crippen molar-refractivity contribution in [1.82, 2.24) is 10.6 Å². The summed E-state index contributed by atoms with van der Waals surface area (Å²) >= 11 is 0. The molecule has 2 rings (SSSR count). The number of hydrogen-bond acceptors (Lipinski definition) is 5. The van der Waals surface area contributed by atoms with Crippen molar-refractivity contribution >= 4 is 35.6 Å². The first-order valence-electron chi connectivity index (χ1n) is 9.59. The largest absolute Gasteiger partial charge is 0.491 e. The molecule has 0 heterocycles. The van der Waals surface area contributed by atoms with E-state index in [9.17, 15) is 15.2 Å². The van der Waals surface area contributed by atoms with Gasteiger partial charge in [0.1, 0.15) is 5.75 Å². The van der Waals surface area contributed by atoms with Gasteiger partial charge in [0.15, 0.2) is 5.96 Å². The number of benzene rings is 2. The molecule has 2 aromatic carbocycles. The average molecular weight is 528 g/mol. The van der Waals surface area contributed by atoms with Crippen molar-refractivity contribution < 1.29 is 14.8 Å². The van der Waals surface area contributed by atoms with Crippen molar-refractivity contribution in [3.63, 3.8) is 0 Å². The van der Waals surface area contributed by atoms with Crippen molar-refractivity contribution in [2.45, 2.75) is 39.5 Å². The highest BCUT2D eigenvalue weighted by Crippen LogP contribution is 2.20. The molecule has 0 spiro atoms. The monoisotopic (exact) mass is 528 g/mol. The zero-order valence-corrected chi connectivity index (χ0v) is 19.7. The minimum atomic E-state index is -0.763. The smallest absolute Gasteiger partial charge is 0.274 e. The molecule has 9 heteroatoms. The summed E-state index contributed by atoms with van der Waals surface area (Å²) in [5, 5.41) is 27.8. The molecule has 1 unspecified atom stereocenters. The number of nitrogens with zero attached hydrogens (tertiary/aromatic N) is 2. The molecule has 0 amide bonds. The molecular weight excluding hydrogens is 499 g/mol. The van der Waals surface area contributed by atoms with E-state index in [2.05, 4.69) is 15.6 Å². The fourth-order valence-electron chi connectivity index (χ4n) is 2.71. The molecule has 0 saturated carbocycles. The summed E-state index contributed by atoms with van der Waals surface area (Å²) in [6.07, 6.45) is -0.712. The van der Waals surface area contributed by atoms with Crippen molar-refractivity contribution in [1.29, 1.82) is 0 Å². The van der Waals surface area contributed by atoms with Crippen molar-refractivity contribution in [3.05, 3.63) is 69.8 Å². The fraction of sp³-hybridized carbons (Fsp3) is 0.381. The van der Waals surface area contributed by atoms with Gasteiger partial charge >= 0.3 is 0 Å². The van der Waals surface area contributed by atoms with Crippen molar-refractivity contribution in [2.75, 3.05) is 13.1 Å². The van der Waals surface area contributed by atoms with Gasteiger partial charge in [-0.3, -0.25) is 10.1 Å². The molecule has 8 nitrogen and oxygen atoms in total. The lowest BCUT2D eigenvalue weighted by Crippen LogP contribution is -2.39. The molecule has 2 aromatic rings. The Hall–Kier alpha value is -2.40. The van der Waals surface area contributed by atoms with Crippen LogP contribution >= 0.6 is 24.0 Å². The van der Waals surface area contributed by atoms with Crippen LogP contribution in [0.2, 0.25) is 0 Å². The minimum absolute atomic E-state index is 0. The van der Waals surface area contributed by atoms with Gasteiger partial charge < -0.3 is 20.5 Å². The van der Waals surface area contributed by atoms with E-state index in [-0.39, 0.29) is 48.9 Å². The van der Waals surface area contributed by atoms with E-state index in [1.807, 2.05) is 45.0 Å². The van der Waals surface area contributed by atoms with Gasteiger partial charge in [-0.05, 0) is 38.5 Å². The number of rotatable bonds is 9. The lowest BCUT2D eigenvalue weighted by molar-refractivity contribution is -0.385. The Morgan fingerprint density at radius 2 is 1.93 bits per heavy atom. The Bertz CT molecular complexity index is 845. The second-order valence-corrected chi connectivity index (χ2v) is 6.72. The Balaban J connectivity index is 0.00000450. The van der Waals surface area contributed by atoms with Crippen LogP contribution < -0.4 is 15.4 Å². The van der Waals surface area contributed by atoms with Crippen molar-refractivity contribution in [3.8, 4) is 5.75 Å². The van der Waals surface area contributed by atoms with Crippen LogP contribution in [0.4, 0.5) is 5.69 Å². The summed E-state index contributed by atoms with van der Waals surface area (Å²) in [4.78, 5) is 15.1. The summed E-state index contributed by atoms with van der Waals surface area (Å²) in [7, 11) is 0. The number of nitro benzene ring substituents is 1. The van der Waals surface area contributed by atoms with Gasteiger partial charge in [0, 0.05) is 19.2 Å². The molecular formula is C21H29IN4O4. The Labute approximate surface area is 193 Å². The summed E-state index contributed by atoms with van der Waals surface area (Å²) in [6.45, 7) is 6.82. The quantitative estimate of drug-likeness (QED) is 0.150. The van der Waals surface area contributed by atoms with E-state index in [0.29, 0.717) is 23.8 Å². The molecule has 3 N–H and O–H groups in total. The second kappa shape index (κ2) is 13.0. The van der Waals surface area contributed by atoms with Gasteiger partial charge in [0.2, 0.25) is 0 Å². The molecule has 0 aromatic heterocycles. The third kappa shape index (κ3) is 8.15. The fourth-order valence-corrected chi connectivity index (χ4v) is 2.71. The molecule has 0 aliphatic rings. The van der Waals surface area contributed by atoms with Crippen LogP contribution in [0.25, 0.3) is 0 Å². The maximum atomic E-state index is 11.1. The first-order valence-corrected chi connectivity index (χ1v) is 9.59. The summed E-state index contributed by atoms with van der Waals surface area (Å²) in [5.41, 5.74) is 1.29. The number of guanidine groups is 1. The number of aliphatic imine (C=N–C) groups is 1. The SMILES string of the molecule is CCNC(=NCc1ccccc1[N+](=O)[O-])NCC(O)c1cccc(OC(C)C)c1.I. The van der Waals surface area contributed by atoms with Crippen LogP contribution in [0.3, 0.4) is 0 Å². The zero-order valence-electron chi connectivity index (χ0n) is 17.4. The summed E-state index contributed by atoms with van der Waals surface area (Å²) in [5.74, 6) is 1.17. The van der Waals surface area contributed by atoms with Crippen molar-refractivity contribution in [2.24, 2.45) is 4.99 Å². The van der Waals surface area contributed by atoms with E-state index in [4.69, 9.17) is 4.74 Å². The van der Waals surface area contributed by atoms with Gasteiger partial charge in [-0.15, -0.1) is 24.0 Å². The highest BCUT2D eigenvalue weighted by atomic mass is 127. The minimum Gasteiger partial charge on any atom is -0.491 e. The highest BCUT2D eigenvalue weighted by molar-refractivity contribution is 14.0. The maximum Gasteiger partial charge on any atom is 0.274 e. The standard InChI is InChI=1S/C21H28N4O4.HI/c1-4-22-21(23-13-17-8-5-6-11-19(17)25(27)28)24-14-20(26)16-9-7-10-18(12-16)29-15(2)3;/h5-12,15,20,26H,4,13-14H2,1-3H3,(H2,22,23,24);1H. The molecule has 164 valence electrons. The summed E-state index contributed by atoms with van der Waals surface area (Å²) < 4.78 is 5.66. The Morgan fingerprint density at radius 1 is 1.20 bits per heavy atom. The van der Waals surface area contributed by atoms with Crippen LogP contribution in [-0.2, 0) is 6.54 Å². The van der Waals surface area contributed by atoms with Crippen LogP contribution in [0.5, 0.6) is 5.75 Å². The van der Waals surface area contributed by atoms with Gasteiger partial charge in [-0.2, -0.15) is 0 Å². The number of aliphatic hydroxyl groups excluding tert-OH is 1. The number of nitro groups is 1. The zero-order chi connectivity index (χ0) is 21.2. The van der Waals surface area contributed by atoms with Gasteiger partial charge in [0.05, 0.1) is 29.2 Å².